The Labute approximate surface area is 156 Å². The molecule has 0 spiro atoms. The molecule has 0 radical (unpaired) electrons. The van der Waals surface area contributed by atoms with E-state index in [0.717, 1.165) is 18.4 Å². The van der Waals surface area contributed by atoms with Crippen LogP contribution < -0.4 is 9.80 Å². The van der Waals surface area contributed by atoms with E-state index in [2.05, 4.69) is 11.2 Å². The third-order valence-corrected chi connectivity index (χ3v) is 5.08. The molecule has 1 aromatic carbocycles. The smallest absolute Gasteiger partial charge is 0.411 e. The van der Waals surface area contributed by atoms with Gasteiger partial charge in [0.1, 0.15) is 0 Å². The van der Waals surface area contributed by atoms with Crippen LogP contribution in [0.15, 0.2) is 24.5 Å². The van der Waals surface area contributed by atoms with Gasteiger partial charge in [0.2, 0.25) is 5.91 Å². The molecule has 2 aliphatic rings. The Balaban J connectivity index is 1.89. The molecule has 0 unspecified atom stereocenters. The molecule has 1 aromatic heterocycles. The van der Waals surface area contributed by atoms with Crippen LogP contribution in [-0.2, 0) is 4.79 Å². The minimum Gasteiger partial charge on any atom is -0.465 e. The first-order chi connectivity index (χ1) is 12.9. The third-order valence-electron chi connectivity index (χ3n) is 5.08. The van der Waals surface area contributed by atoms with E-state index >= 15 is 0 Å². The van der Waals surface area contributed by atoms with Gasteiger partial charge >= 0.3 is 6.09 Å². The molecule has 0 saturated heterocycles. The van der Waals surface area contributed by atoms with E-state index in [9.17, 15) is 20.0 Å². The molecular formula is C19H19N5O3. The van der Waals surface area contributed by atoms with Crippen LogP contribution in [0.2, 0.25) is 0 Å². The molecule has 2 amide bonds. The molecule has 4 rings (SSSR count). The van der Waals surface area contributed by atoms with Gasteiger partial charge in [0, 0.05) is 30.8 Å². The van der Waals surface area contributed by atoms with Gasteiger partial charge in [0.15, 0.2) is 0 Å². The summed E-state index contributed by atoms with van der Waals surface area (Å²) in [7, 11) is 0. The zero-order valence-electron chi connectivity index (χ0n) is 15.1. The summed E-state index contributed by atoms with van der Waals surface area (Å²) in [6, 6.07) is 5.55. The highest BCUT2D eigenvalue weighted by Crippen LogP contribution is 2.41. The maximum Gasteiger partial charge on any atom is 0.411 e. The fourth-order valence-corrected chi connectivity index (χ4v) is 3.68. The van der Waals surface area contributed by atoms with E-state index in [1.807, 2.05) is 10.9 Å². The van der Waals surface area contributed by atoms with Crippen LogP contribution in [0.5, 0.6) is 0 Å². The number of hydrogen-bond donors (Lipinski definition) is 1. The number of fused-ring (bicyclic) bond motifs is 1. The second-order valence-electron chi connectivity index (χ2n) is 7.07. The molecule has 138 valence electrons. The number of hydrogen-bond acceptors (Lipinski definition) is 4. The van der Waals surface area contributed by atoms with E-state index in [1.54, 1.807) is 30.2 Å². The molecule has 1 N–H and O–H groups in total. The van der Waals surface area contributed by atoms with E-state index in [4.69, 9.17) is 0 Å². The molecule has 0 bridgehead atoms. The number of carbonyl (C=O) groups excluding carboxylic acids is 1. The second kappa shape index (κ2) is 6.13. The van der Waals surface area contributed by atoms with Crippen molar-refractivity contribution in [3.63, 3.8) is 0 Å². The van der Waals surface area contributed by atoms with Crippen molar-refractivity contribution in [1.82, 2.24) is 9.78 Å². The van der Waals surface area contributed by atoms with Gasteiger partial charge in [0.05, 0.1) is 41.3 Å². The van der Waals surface area contributed by atoms with E-state index in [0.29, 0.717) is 28.5 Å². The van der Waals surface area contributed by atoms with Crippen LogP contribution in [0.1, 0.15) is 38.3 Å². The number of benzene rings is 1. The van der Waals surface area contributed by atoms with Crippen LogP contribution in [0.4, 0.5) is 16.2 Å². The van der Waals surface area contributed by atoms with Crippen molar-refractivity contribution >= 4 is 23.4 Å². The largest absolute Gasteiger partial charge is 0.465 e. The molecule has 2 aromatic rings. The molecule has 2 heterocycles. The number of nitriles is 1. The predicted octanol–water partition coefficient (Wildman–Crippen LogP) is 3.00. The number of carboxylic acid groups (broad SMARTS) is 1. The first-order valence-corrected chi connectivity index (χ1v) is 8.83. The van der Waals surface area contributed by atoms with Gasteiger partial charge in [-0.25, -0.2) is 4.79 Å². The normalized spacial score (nSPS) is 18.8. The van der Waals surface area contributed by atoms with Crippen molar-refractivity contribution in [2.24, 2.45) is 0 Å². The zero-order chi connectivity index (χ0) is 19.3. The summed E-state index contributed by atoms with van der Waals surface area (Å²) in [6.45, 7) is 3.41. The minimum absolute atomic E-state index is 0.175. The summed E-state index contributed by atoms with van der Waals surface area (Å²) >= 11 is 0. The topological polar surface area (TPSA) is 102 Å². The number of aromatic nitrogens is 2. The summed E-state index contributed by atoms with van der Waals surface area (Å²) in [5, 5.41) is 23.7. The van der Waals surface area contributed by atoms with Gasteiger partial charge < -0.3 is 10.0 Å². The average Bonchev–Trinajstić information content (AvgIpc) is 3.36. The van der Waals surface area contributed by atoms with Crippen LogP contribution in [0, 0.1) is 11.3 Å². The van der Waals surface area contributed by atoms with Gasteiger partial charge in [0.25, 0.3) is 0 Å². The van der Waals surface area contributed by atoms with Gasteiger partial charge in [-0.3, -0.25) is 14.4 Å². The van der Waals surface area contributed by atoms with Crippen molar-refractivity contribution in [3.05, 3.63) is 30.1 Å². The Morgan fingerprint density at radius 1 is 1.30 bits per heavy atom. The van der Waals surface area contributed by atoms with Crippen molar-refractivity contribution in [3.8, 4) is 17.2 Å². The lowest BCUT2D eigenvalue weighted by molar-refractivity contribution is -0.117. The Morgan fingerprint density at radius 3 is 2.63 bits per heavy atom. The highest BCUT2D eigenvalue weighted by Gasteiger charge is 2.35. The second-order valence-corrected chi connectivity index (χ2v) is 7.07. The van der Waals surface area contributed by atoms with Crippen LogP contribution >= 0.6 is 0 Å². The third kappa shape index (κ3) is 2.81. The van der Waals surface area contributed by atoms with Gasteiger partial charge in [-0.15, -0.1) is 0 Å². The summed E-state index contributed by atoms with van der Waals surface area (Å²) < 4.78 is 1.88. The highest BCUT2D eigenvalue weighted by atomic mass is 16.4. The quantitative estimate of drug-likeness (QED) is 0.881. The van der Waals surface area contributed by atoms with Crippen molar-refractivity contribution in [1.29, 1.82) is 5.26 Å². The van der Waals surface area contributed by atoms with Gasteiger partial charge in [-0.05, 0) is 31.9 Å². The lowest BCUT2D eigenvalue weighted by Gasteiger charge is -2.39. The maximum atomic E-state index is 12.2. The molecule has 27 heavy (non-hydrogen) atoms. The summed E-state index contributed by atoms with van der Waals surface area (Å²) in [5.41, 5.74) is 2.62. The summed E-state index contributed by atoms with van der Waals surface area (Å²) in [4.78, 5) is 26.7. The molecule has 8 heteroatoms. The van der Waals surface area contributed by atoms with E-state index in [1.165, 1.54) is 11.8 Å². The first-order valence-electron chi connectivity index (χ1n) is 8.83. The van der Waals surface area contributed by atoms with Gasteiger partial charge in [-0.1, -0.05) is 0 Å². The SMILES string of the molecule is CC(=O)N1c2cc(C#N)c(-c3cnn(C4CC4)c3)cc2N(C(=O)O)C[C@@H]1C. The lowest BCUT2D eigenvalue weighted by Crippen LogP contribution is -2.51. The number of anilines is 2. The Bertz CT molecular complexity index is 986. The number of amides is 2. The van der Waals surface area contributed by atoms with Crippen molar-refractivity contribution < 1.29 is 14.7 Å². The molecule has 1 atom stereocenters. The Hall–Kier alpha value is -3.34. The minimum atomic E-state index is -1.09. The number of rotatable bonds is 2. The molecule has 1 fully saturated rings. The Morgan fingerprint density at radius 2 is 2.04 bits per heavy atom. The zero-order valence-corrected chi connectivity index (χ0v) is 15.1. The standard InChI is InChI=1S/C19H19N5O3/c1-11-9-22(19(26)27)17-6-16(14-8-21-23(10-14)15-3-4-15)13(7-20)5-18(17)24(11)12(2)25/h5-6,8,10-11,15H,3-4,9H2,1-2H3,(H,26,27)/t11-/m0/s1. The fraction of sp³-hybridized carbons (Fsp3) is 0.368. The van der Waals surface area contributed by atoms with Crippen molar-refractivity contribution in [2.75, 3.05) is 16.3 Å². The molecular weight excluding hydrogens is 346 g/mol. The summed E-state index contributed by atoms with van der Waals surface area (Å²) in [6.07, 6.45) is 4.68. The number of carbonyl (C=O) groups is 2. The predicted molar refractivity (Wildman–Crippen MR) is 98.6 cm³/mol. The van der Waals surface area contributed by atoms with Crippen LogP contribution in [0.3, 0.4) is 0 Å². The van der Waals surface area contributed by atoms with E-state index in [-0.39, 0.29) is 18.5 Å². The molecule has 8 nitrogen and oxygen atoms in total. The Kier molecular flexibility index (Phi) is 3.88. The van der Waals surface area contributed by atoms with Crippen LogP contribution in [0.25, 0.3) is 11.1 Å². The molecule has 1 saturated carbocycles. The molecule has 1 aliphatic carbocycles. The lowest BCUT2D eigenvalue weighted by atomic mass is 9.97. The highest BCUT2D eigenvalue weighted by molar-refractivity contribution is 6.03. The summed E-state index contributed by atoms with van der Waals surface area (Å²) in [5.74, 6) is -0.188. The van der Waals surface area contributed by atoms with E-state index < -0.39 is 6.09 Å². The average molecular weight is 365 g/mol. The fourth-order valence-electron chi connectivity index (χ4n) is 3.68. The van der Waals surface area contributed by atoms with Gasteiger partial charge in [-0.2, -0.15) is 10.4 Å². The monoisotopic (exact) mass is 365 g/mol. The van der Waals surface area contributed by atoms with Crippen molar-refractivity contribution in [2.45, 2.75) is 38.8 Å². The van der Waals surface area contributed by atoms with Crippen LogP contribution in [-0.4, -0.2) is 39.5 Å². The first kappa shape index (κ1) is 17.1. The number of nitrogens with zero attached hydrogens (tertiary/aromatic N) is 5. The molecule has 1 aliphatic heterocycles. The maximum absolute atomic E-state index is 12.2.